The normalized spacial score (nSPS) is 13.7. The van der Waals surface area contributed by atoms with Gasteiger partial charge in [0, 0.05) is 6.42 Å². The molecule has 0 radical (unpaired) electrons. The van der Waals surface area contributed by atoms with Gasteiger partial charge in [-0.05, 0) is 12.3 Å². The zero-order chi connectivity index (χ0) is 22.7. The minimum atomic E-state index is -1.49. The van der Waals surface area contributed by atoms with Gasteiger partial charge in [0.25, 0.3) is 0 Å². The average Bonchev–Trinajstić information content (AvgIpc) is 2.60. The zero-order valence-electron chi connectivity index (χ0n) is 16.3. The molecule has 0 aliphatic rings. The molecule has 0 aliphatic heterocycles. The second kappa shape index (κ2) is 12.3. The summed E-state index contributed by atoms with van der Waals surface area (Å²) in [4.78, 5) is 69.9. The van der Waals surface area contributed by atoms with Gasteiger partial charge in [0.15, 0.2) is 0 Å². The molecule has 3 unspecified atom stereocenters. The van der Waals surface area contributed by atoms with E-state index in [4.69, 9.17) is 17.2 Å². The van der Waals surface area contributed by atoms with Crippen LogP contribution in [0.5, 0.6) is 0 Å². The van der Waals surface area contributed by atoms with Crippen LogP contribution in [0.4, 0.5) is 0 Å². The molecule has 10 N–H and O–H groups in total. The van der Waals surface area contributed by atoms with Crippen molar-refractivity contribution in [3.05, 3.63) is 0 Å². The molecule has 0 aromatic carbocycles. The molecule has 29 heavy (non-hydrogen) atoms. The molecule has 0 fully saturated rings. The highest BCUT2D eigenvalue weighted by molar-refractivity contribution is 5.96. The number of hydrogen-bond donors (Lipinski definition) is 7. The molecule has 0 aromatic heterocycles. The summed E-state index contributed by atoms with van der Waals surface area (Å²) in [5, 5.41) is 15.9. The number of amides is 5. The number of aliphatic carboxylic acids is 1. The zero-order valence-corrected chi connectivity index (χ0v) is 16.3. The van der Waals surface area contributed by atoms with Gasteiger partial charge < -0.3 is 38.3 Å². The lowest BCUT2D eigenvalue weighted by Gasteiger charge is -2.24. The van der Waals surface area contributed by atoms with Gasteiger partial charge >= 0.3 is 5.97 Å². The van der Waals surface area contributed by atoms with Crippen LogP contribution in [0.15, 0.2) is 0 Å². The van der Waals surface area contributed by atoms with Gasteiger partial charge in [-0.25, -0.2) is 4.79 Å². The van der Waals surface area contributed by atoms with Gasteiger partial charge in [0.1, 0.15) is 18.1 Å². The smallest absolute Gasteiger partial charge is 0.326 e. The maximum absolute atomic E-state index is 12.5. The average molecular weight is 416 g/mol. The third-order valence-electron chi connectivity index (χ3n) is 3.79. The lowest BCUT2D eigenvalue weighted by Crippen LogP contribution is -2.57. The molecule has 0 bridgehead atoms. The summed E-state index contributed by atoms with van der Waals surface area (Å²) in [5.74, 6) is -5.97. The van der Waals surface area contributed by atoms with E-state index in [9.17, 15) is 33.9 Å². The monoisotopic (exact) mass is 416 g/mol. The Hall–Kier alpha value is -3.22. The fourth-order valence-corrected chi connectivity index (χ4v) is 2.26. The van der Waals surface area contributed by atoms with Crippen molar-refractivity contribution in [1.29, 1.82) is 0 Å². The van der Waals surface area contributed by atoms with E-state index in [1.165, 1.54) is 0 Å². The number of nitrogens with one attached hydrogen (secondary N) is 3. The van der Waals surface area contributed by atoms with E-state index in [0.29, 0.717) is 0 Å². The molecule has 13 heteroatoms. The van der Waals surface area contributed by atoms with Crippen LogP contribution in [-0.4, -0.2) is 65.3 Å². The topological polar surface area (TPSA) is 237 Å². The minimum absolute atomic E-state index is 0.179. The lowest BCUT2D eigenvalue weighted by molar-refractivity contribution is -0.143. The largest absolute Gasteiger partial charge is 0.480 e. The van der Waals surface area contributed by atoms with Crippen LogP contribution in [0.2, 0.25) is 0 Å². The maximum atomic E-state index is 12.5. The summed E-state index contributed by atoms with van der Waals surface area (Å²) in [6.07, 6.45) is -1.04. The Labute approximate surface area is 167 Å². The van der Waals surface area contributed by atoms with Gasteiger partial charge in [-0.2, -0.15) is 0 Å². The Morgan fingerprint density at radius 1 is 0.862 bits per heavy atom. The van der Waals surface area contributed by atoms with Gasteiger partial charge in [0.2, 0.25) is 29.5 Å². The first-order valence-corrected chi connectivity index (χ1v) is 8.78. The van der Waals surface area contributed by atoms with Crippen LogP contribution in [-0.2, 0) is 28.8 Å². The molecule has 0 aromatic rings. The van der Waals surface area contributed by atoms with Crippen LogP contribution in [0, 0.1) is 5.92 Å². The van der Waals surface area contributed by atoms with Crippen LogP contribution in [0.3, 0.4) is 0 Å². The van der Waals surface area contributed by atoms with Crippen LogP contribution in [0.1, 0.15) is 33.1 Å². The summed E-state index contributed by atoms with van der Waals surface area (Å²) in [6.45, 7) is 2.69. The summed E-state index contributed by atoms with van der Waals surface area (Å²) < 4.78 is 0. The highest BCUT2D eigenvalue weighted by atomic mass is 16.4. The predicted molar refractivity (Wildman–Crippen MR) is 99.6 cm³/mol. The van der Waals surface area contributed by atoms with E-state index in [-0.39, 0.29) is 12.8 Å². The van der Waals surface area contributed by atoms with E-state index in [1.54, 1.807) is 13.8 Å². The van der Waals surface area contributed by atoms with Crippen molar-refractivity contribution in [3.63, 3.8) is 0 Å². The molecule has 0 saturated carbocycles. The third-order valence-corrected chi connectivity index (χ3v) is 3.79. The van der Waals surface area contributed by atoms with Crippen molar-refractivity contribution in [2.45, 2.75) is 51.2 Å². The molecule has 3 atom stereocenters. The quantitative estimate of drug-likeness (QED) is 0.157. The third kappa shape index (κ3) is 10.0. The number of rotatable bonds is 13. The minimum Gasteiger partial charge on any atom is -0.480 e. The van der Waals surface area contributed by atoms with Gasteiger partial charge in [0.05, 0.1) is 13.0 Å². The Morgan fingerprint density at radius 3 is 1.83 bits per heavy atom. The molecule has 5 amide bonds. The summed E-state index contributed by atoms with van der Waals surface area (Å²) in [5.41, 5.74) is 15.3. The number of carboxylic acid groups (broad SMARTS) is 1. The van der Waals surface area contributed by atoms with Crippen molar-refractivity contribution in [2.24, 2.45) is 23.1 Å². The fourth-order valence-electron chi connectivity index (χ4n) is 2.26. The molecule has 0 rings (SSSR count). The summed E-state index contributed by atoms with van der Waals surface area (Å²) in [7, 11) is 0. The van der Waals surface area contributed by atoms with Gasteiger partial charge in [-0.15, -0.1) is 0 Å². The van der Waals surface area contributed by atoms with Crippen molar-refractivity contribution >= 4 is 35.5 Å². The SMILES string of the molecule is CC(C)C(NC(=O)C(CC(N)=O)NC(=O)C(CCC(N)=O)NC(=O)CN)C(=O)O. The molecule has 164 valence electrons. The Balaban J connectivity index is 5.41. The van der Waals surface area contributed by atoms with Gasteiger partial charge in [-0.1, -0.05) is 13.8 Å². The molecule has 0 saturated heterocycles. The number of carbonyl (C=O) groups excluding carboxylic acids is 5. The first-order chi connectivity index (χ1) is 13.4. The van der Waals surface area contributed by atoms with E-state index < -0.39 is 72.5 Å². The van der Waals surface area contributed by atoms with Crippen molar-refractivity contribution in [1.82, 2.24) is 16.0 Å². The highest BCUT2D eigenvalue weighted by Gasteiger charge is 2.31. The van der Waals surface area contributed by atoms with E-state index >= 15 is 0 Å². The van der Waals surface area contributed by atoms with E-state index in [1.807, 2.05) is 0 Å². The maximum Gasteiger partial charge on any atom is 0.326 e. The summed E-state index contributed by atoms with van der Waals surface area (Å²) in [6, 6.07) is -4.02. The molecule has 0 heterocycles. The van der Waals surface area contributed by atoms with Crippen LogP contribution >= 0.6 is 0 Å². The van der Waals surface area contributed by atoms with Crippen LogP contribution in [0.25, 0.3) is 0 Å². The van der Waals surface area contributed by atoms with E-state index in [0.717, 1.165) is 0 Å². The van der Waals surface area contributed by atoms with Crippen molar-refractivity contribution in [2.75, 3.05) is 6.54 Å². The van der Waals surface area contributed by atoms with Crippen molar-refractivity contribution in [3.8, 4) is 0 Å². The number of hydrogen-bond acceptors (Lipinski definition) is 7. The summed E-state index contributed by atoms with van der Waals surface area (Å²) >= 11 is 0. The first kappa shape index (κ1) is 25.8. The molecular formula is C16H28N6O7. The second-order valence-corrected chi connectivity index (χ2v) is 6.63. The molecule has 13 nitrogen and oxygen atoms in total. The molecule has 0 aliphatic carbocycles. The Kier molecular flexibility index (Phi) is 10.9. The number of carboxylic acids is 1. The molecular weight excluding hydrogens is 388 g/mol. The highest BCUT2D eigenvalue weighted by Crippen LogP contribution is 2.05. The van der Waals surface area contributed by atoms with Crippen LogP contribution < -0.4 is 33.2 Å². The Bertz CT molecular complexity index is 652. The van der Waals surface area contributed by atoms with Crippen molar-refractivity contribution < 1.29 is 33.9 Å². The number of nitrogens with two attached hydrogens (primary N) is 3. The lowest BCUT2D eigenvalue weighted by atomic mass is 10.0. The standard InChI is InChI=1S/C16H28N6O7/c1-7(2)13(16(28)29)22-15(27)9(5-11(19)24)21-14(26)8(3-4-10(18)23)20-12(25)6-17/h7-9,13H,3-6,17H2,1-2H3,(H2,18,23)(H2,19,24)(H,20,25)(H,21,26)(H,22,27)(H,28,29). The number of primary amides is 2. The van der Waals surface area contributed by atoms with E-state index in [2.05, 4.69) is 16.0 Å². The number of carbonyl (C=O) groups is 6. The molecule has 0 spiro atoms. The second-order valence-electron chi connectivity index (χ2n) is 6.63. The van der Waals surface area contributed by atoms with Gasteiger partial charge in [-0.3, -0.25) is 24.0 Å². The fraction of sp³-hybridized carbons (Fsp3) is 0.625. The first-order valence-electron chi connectivity index (χ1n) is 8.78. The Morgan fingerprint density at radius 2 is 1.41 bits per heavy atom. The predicted octanol–water partition coefficient (Wildman–Crippen LogP) is -3.72.